The minimum atomic E-state index is -0.264. The number of carbonyl (C=O) groups excluding carboxylic acids is 1. The van der Waals surface area contributed by atoms with Gasteiger partial charge in [0.05, 0.1) is 11.0 Å². The quantitative estimate of drug-likeness (QED) is 0.482. The van der Waals surface area contributed by atoms with Gasteiger partial charge < -0.3 is 14.6 Å². The Morgan fingerprint density at radius 1 is 0.967 bits per heavy atom. The molecule has 0 saturated heterocycles. The highest BCUT2D eigenvalue weighted by Crippen LogP contribution is 2.18. The van der Waals surface area contributed by atoms with Crippen molar-refractivity contribution in [3.63, 3.8) is 0 Å². The number of ether oxygens (including phenoxy) is 1. The van der Waals surface area contributed by atoms with Crippen LogP contribution in [0, 0.1) is 5.82 Å². The molecule has 152 valence electrons. The maximum atomic E-state index is 13.0. The summed E-state index contributed by atoms with van der Waals surface area (Å²) in [4.78, 5) is 17.2. The number of imidazole rings is 1. The number of hydrogen-bond donors (Lipinski definition) is 1. The summed E-state index contributed by atoms with van der Waals surface area (Å²) in [5.41, 5.74) is 2.68. The Morgan fingerprint density at radius 2 is 1.70 bits per heavy atom. The van der Waals surface area contributed by atoms with E-state index in [2.05, 4.69) is 10.3 Å². The number of benzene rings is 3. The van der Waals surface area contributed by atoms with Gasteiger partial charge in [-0.05, 0) is 48.4 Å². The van der Waals surface area contributed by atoms with Gasteiger partial charge >= 0.3 is 0 Å². The molecule has 1 N–H and O–H groups in total. The summed E-state index contributed by atoms with van der Waals surface area (Å²) >= 11 is 0. The van der Waals surface area contributed by atoms with Crippen molar-refractivity contribution >= 4 is 16.9 Å². The lowest BCUT2D eigenvalue weighted by atomic mass is 10.1. The van der Waals surface area contributed by atoms with E-state index >= 15 is 0 Å². The standard InChI is InChI=1S/C24H22FN3O2/c25-19-12-10-18(11-13-19)14-15-26-24(29)16-28-22-9-5-4-8-21(22)27-23(28)17-30-20-6-2-1-3-7-20/h1-13H,14-17H2,(H,26,29). The molecular formula is C24H22FN3O2. The van der Waals surface area contributed by atoms with Gasteiger partial charge in [0.15, 0.2) is 0 Å². The molecule has 1 amide bonds. The zero-order valence-corrected chi connectivity index (χ0v) is 16.4. The Hall–Kier alpha value is -3.67. The second kappa shape index (κ2) is 9.22. The van der Waals surface area contributed by atoms with E-state index in [-0.39, 0.29) is 24.9 Å². The van der Waals surface area contributed by atoms with Gasteiger partial charge in [-0.15, -0.1) is 0 Å². The largest absolute Gasteiger partial charge is 0.486 e. The Bertz CT molecular complexity index is 1120. The van der Waals surface area contributed by atoms with Crippen molar-refractivity contribution in [3.05, 3.63) is 96.1 Å². The highest BCUT2D eigenvalue weighted by atomic mass is 19.1. The van der Waals surface area contributed by atoms with Gasteiger partial charge in [0.2, 0.25) is 5.91 Å². The van der Waals surface area contributed by atoms with Crippen LogP contribution in [0.3, 0.4) is 0 Å². The predicted octanol–water partition coefficient (Wildman–Crippen LogP) is 4.11. The van der Waals surface area contributed by atoms with Gasteiger partial charge in [-0.1, -0.05) is 42.5 Å². The molecule has 30 heavy (non-hydrogen) atoms. The van der Waals surface area contributed by atoms with E-state index < -0.39 is 0 Å². The molecule has 0 saturated carbocycles. The number of halogens is 1. The zero-order valence-electron chi connectivity index (χ0n) is 16.4. The van der Waals surface area contributed by atoms with Crippen LogP contribution in [0.4, 0.5) is 4.39 Å². The van der Waals surface area contributed by atoms with Crippen molar-refractivity contribution in [3.8, 4) is 5.75 Å². The lowest BCUT2D eigenvalue weighted by Gasteiger charge is -2.11. The fraction of sp³-hybridized carbons (Fsp3) is 0.167. The van der Waals surface area contributed by atoms with Crippen LogP contribution in [0.1, 0.15) is 11.4 Å². The van der Waals surface area contributed by atoms with E-state index in [1.807, 2.05) is 59.2 Å². The average Bonchev–Trinajstić information content (AvgIpc) is 3.12. The number of nitrogens with zero attached hydrogens (tertiary/aromatic N) is 2. The molecule has 0 aliphatic rings. The minimum absolute atomic E-state index is 0.110. The average molecular weight is 403 g/mol. The minimum Gasteiger partial charge on any atom is -0.486 e. The predicted molar refractivity (Wildman–Crippen MR) is 114 cm³/mol. The van der Waals surface area contributed by atoms with E-state index in [0.29, 0.717) is 18.8 Å². The summed E-state index contributed by atoms with van der Waals surface area (Å²) < 4.78 is 20.7. The first-order valence-corrected chi connectivity index (χ1v) is 9.82. The molecule has 0 radical (unpaired) electrons. The molecular weight excluding hydrogens is 381 g/mol. The molecule has 6 heteroatoms. The Balaban J connectivity index is 1.42. The number of hydrogen-bond acceptors (Lipinski definition) is 3. The van der Waals surface area contributed by atoms with Gasteiger partial charge in [-0.3, -0.25) is 4.79 Å². The third kappa shape index (κ3) is 4.84. The van der Waals surface area contributed by atoms with E-state index in [4.69, 9.17) is 4.74 Å². The molecule has 0 bridgehead atoms. The van der Waals surface area contributed by atoms with Crippen molar-refractivity contribution in [1.82, 2.24) is 14.9 Å². The topological polar surface area (TPSA) is 56.2 Å². The second-order valence-corrected chi connectivity index (χ2v) is 6.93. The van der Waals surface area contributed by atoms with Crippen LogP contribution in [-0.2, 0) is 24.4 Å². The molecule has 4 rings (SSSR count). The number of nitrogens with one attached hydrogen (secondary N) is 1. The van der Waals surface area contributed by atoms with Crippen molar-refractivity contribution in [2.24, 2.45) is 0 Å². The summed E-state index contributed by atoms with van der Waals surface area (Å²) in [5, 5.41) is 2.93. The van der Waals surface area contributed by atoms with Crippen LogP contribution < -0.4 is 10.1 Å². The molecule has 4 aromatic rings. The van der Waals surface area contributed by atoms with E-state index in [0.717, 1.165) is 22.3 Å². The second-order valence-electron chi connectivity index (χ2n) is 6.93. The highest BCUT2D eigenvalue weighted by molar-refractivity contribution is 5.81. The summed E-state index contributed by atoms with van der Waals surface area (Å²) in [5.74, 6) is 1.06. The maximum absolute atomic E-state index is 13.0. The third-order valence-corrected chi connectivity index (χ3v) is 4.80. The Morgan fingerprint density at radius 3 is 2.50 bits per heavy atom. The summed E-state index contributed by atoms with van der Waals surface area (Å²) in [6.07, 6.45) is 0.640. The number of rotatable bonds is 8. The molecule has 0 unspecified atom stereocenters. The van der Waals surface area contributed by atoms with Gasteiger partial charge in [0.25, 0.3) is 0 Å². The Labute approximate surface area is 174 Å². The highest BCUT2D eigenvalue weighted by Gasteiger charge is 2.14. The summed E-state index contributed by atoms with van der Waals surface area (Å²) in [6.45, 7) is 0.895. The number of para-hydroxylation sites is 3. The zero-order chi connectivity index (χ0) is 20.8. The third-order valence-electron chi connectivity index (χ3n) is 4.80. The van der Waals surface area contributed by atoms with Crippen molar-refractivity contribution in [1.29, 1.82) is 0 Å². The van der Waals surface area contributed by atoms with Gasteiger partial charge in [0.1, 0.15) is 30.5 Å². The molecule has 1 aromatic heterocycles. The molecule has 3 aromatic carbocycles. The molecule has 0 aliphatic carbocycles. The number of fused-ring (bicyclic) bond motifs is 1. The molecule has 1 heterocycles. The van der Waals surface area contributed by atoms with Gasteiger partial charge in [0, 0.05) is 6.54 Å². The van der Waals surface area contributed by atoms with Crippen LogP contribution in [0.15, 0.2) is 78.9 Å². The number of amides is 1. The smallest absolute Gasteiger partial charge is 0.240 e. The van der Waals surface area contributed by atoms with Crippen molar-refractivity contribution in [2.45, 2.75) is 19.6 Å². The first-order chi connectivity index (χ1) is 14.7. The van der Waals surface area contributed by atoms with Gasteiger partial charge in [-0.25, -0.2) is 9.37 Å². The number of aromatic nitrogens is 2. The van der Waals surface area contributed by atoms with Crippen LogP contribution >= 0.6 is 0 Å². The maximum Gasteiger partial charge on any atom is 0.240 e. The first kappa shape index (κ1) is 19.6. The first-order valence-electron chi connectivity index (χ1n) is 9.82. The van der Waals surface area contributed by atoms with Crippen LogP contribution in [0.2, 0.25) is 0 Å². The molecule has 0 spiro atoms. The molecule has 0 fully saturated rings. The molecule has 5 nitrogen and oxygen atoms in total. The van der Waals surface area contributed by atoms with Crippen molar-refractivity contribution < 1.29 is 13.9 Å². The van der Waals surface area contributed by atoms with Gasteiger partial charge in [-0.2, -0.15) is 0 Å². The summed E-state index contributed by atoms with van der Waals surface area (Å²) in [7, 11) is 0. The fourth-order valence-electron chi connectivity index (χ4n) is 3.27. The molecule has 0 aliphatic heterocycles. The number of carbonyl (C=O) groups is 1. The lowest BCUT2D eigenvalue weighted by molar-refractivity contribution is -0.121. The van der Waals surface area contributed by atoms with Crippen LogP contribution in [0.5, 0.6) is 5.75 Å². The monoisotopic (exact) mass is 403 g/mol. The van der Waals surface area contributed by atoms with Crippen LogP contribution in [0.25, 0.3) is 11.0 Å². The molecule has 0 atom stereocenters. The SMILES string of the molecule is O=C(Cn1c(COc2ccccc2)nc2ccccc21)NCCc1ccc(F)cc1. The Kier molecular flexibility index (Phi) is 6.03. The van der Waals surface area contributed by atoms with Crippen molar-refractivity contribution in [2.75, 3.05) is 6.54 Å². The fourth-order valence-corrected chi connectivity index (χ4v) is 3.27. The lowest BCUT2D eigenvalue weighted by Crippen LogP contribution is -2.30. The normalized spacial score (nSPS) is 10.8. The van der Waals surface area contributed by atoms with E-state index in [9.17, 15) is 9.18 Å². The van der Waals surface area contributed by atoms with E-state index in [1.165, 1.54) is 12.1 Å². The van der Waals surface area contributed by atoms with Crippen LogP contribution in [-0.4, -0.2) is 22.0 Å². The summed E-state index contributed by atoms with van der Waals surface area (Å²) in [6, 6.07) is 23.5. The van der Waals surface area contributed by atoms with E-state index in [1.54, 1.807) is 12.1 Å².